The van der Waals surface area contributed by atoms with E-state index in [1.165, 1.54) is 15.1 Å². The number of nitrogens with zero attached hydrogens (tertiary/aromatic N) is 4. The van der Waals surface area contributed by atoms with E-state index in [4.69, 9.17) is 0 Å². The van der Waals surface area contributed by atoms with E-state index in [1.54, 1.807) is 18.5 Å². The summed E-state index contributed by atoms with van der Waals surface area (Å²) in [5.41, 5.74) is 4.88. The second-order valence-electron chi connectivity index (χ2n) is 8.08. The number of pyridine rings is 1. The maximum Gasteiger partial charge on any atom is 0.269 e. The Kier molecular flexibility index (Phi) is 4.67. The monoisotopic (exact) mass is 422 g/mol. The molecule has 0 spiro atoms. The zero-order valence-corrected chi connectivity index (χ0v) is 18.2. The van der Waals surface area contributed by atoms with Crippen LogP contribution in [0.1, 0.15) is 24.5 Å². The van der Waals surface area contributed by atoms with Gasteiger partial charge in [-0.3, -0.25) is 0 Å². The van der Waals surface area contributed by atoms with Crippen molar-refractivity contribution in [1.82, 2.24) is 13.9 Å². The van der Waals surface area contributed by atoms with Crippen LogP contribution in [0.25, 0.3) is 16.6 Å². The number of fused-ring (bicyclic) bond motifs is 2. The van der Waals surface area contributed by atoms with Crippen molar-refractivity contribution in [3.8, 4) is 0 Å². The Labute approximate surface area is 177 Å². The minimum Gasteiger partial charge on any atom is -0.371 e. The molecule has 1 aromatic carbocycles. The molecule has 7 heteroatoms. The lowest BCUT2D eigenvalue weighted by molar-refractivity contribution is 0.370. The van der Waals surface area contributed by atoms with Crippen molar-refractivity contribution < 1.29 is 8.42 Å². The summed E-state index contributed by atoms with van der Waals surface area (Å²) in [6.45, 7) is 5.74. The Morgan fingerprint density at radius 1 is 1.13 bits per heavy atom. The SMILES string of the molecule is CCN1CCc2ccc(S(=O)(=O)n3cc(C4=CCN(C)CC4)c4cccnc43)cc21. The first-order chi connectivity index (χ1) is 14.5. The summed E-state index contributed by atoms with van der Waals surface area (Å²) in [4.78, 5) is 9.24. The van der Waals surface area contributed by atoms with E-state index >= 15 is 0 Å². The molecule has 0 aliphatic carbocycles. The summed E-state index contributed by atoms with van der Waals surface area (Å²) in [5.74, 6) is 0. The van der Waals surface area contributed by atoms with Crippen LogP contribution in [0.3, 0.4) is 0 Å². The highest BCUT2D eigenvalue weighted by Crippen LogP contribution is 2.34. The Morgan fingerprint density at radius 3 is 2.77 bits per heavy atom. The minimum atomic E-state index is -3.76. The zero-order chi connectivity index (χ0) is 20.9. The maximum atomic E-state index is 13.7. The first-order valence-electron chi connectivity index (χ1n) is 10.5. The van der Waals surface area contributed by atoms with Crippen LogP contribution in [0.2, 0.25) is 0 Å². The van der Waals surface area contributed by atoms with Gasteiger partial charge in [-0.2, -0.15) is 0 Å². The van der Waals surface area contributed by atoms with Crippen LogP contribution >= 0.6 is 0 Å². The third-order valence-corrected chi connectivity index (χ3v) is 7.92. The van der Waals surface area contributed by atoms with E-state index in [1.807, 2.05) is 24.3 Å². The number of rotatable bonds is 4. The number of aromatic nitrogens is 2. The van der Waals surface area contributed by atoms with E-state index in [2.05, 4.69) is 34.8 Å². The normalized spacial score (nSPS) is 17.4. The standard InChI is InChI=1S/C23H26N4O2S/c1-3-26-14-10-18-6-7-19(15-22(18)26)30(28,29)27-16-21(17-8-12-25(2)13-9-17)20-5-4-11-24-23(20)27/h4-8,11,15-16H,3,9-10,12-14H2,1-2H3. The summed E-state index contributed by atoms with van der Waals surface area (Å²) in [6.07, 6.45) is 7.47. The van der Waals surface area contributed by atoms with Gasteiger partial charge >= 0.3 is 0 Å². The van der Waals surface area contributed by atoms with Gasteiger partial charge in [-0.25, -0.2) is 17.4 Å². The molecule has 0 amide bonds. The van der Waals surface area contributed by atoms with Gasteiger partial charge in [-0.05, 0) is 62.2 Å². The van der Waals surface area contributed by atoms with Gasteiger partial charge in [-0.1, -0.05) is 12.1 Å². The highest BCUT2D eigenvalue weighted by molar-refractivity contribution is 7.90. The van der Waals surface area contributed by atoms with Crippen molar-refractivity contribution in [3.05, 3.63) is 59.9 Å². The maximum absolute atomic E-state index is 13.7. The van der Waals surface area contributed by atoms with E-state index in [-0.39, 0.29) is 0 Å². The van der Waals surface area contributed by atoms with Gasteiger partial charge in [0.05, 0.1) is 4.90 Å². The highest BCUT2D eigenvalue weighted by atomic mass is 32.2. The fourth-order valence-electron chi connectivity index (χ4n) is 4.51. The number of hydrogen-bond donors (Lipinski definition) is 0. The molecule has 0 atom stereocenters. The Hall–Kier alpha value is -2.64. The Balaban J connectivity index is 1.65. The molecule has 6 nitrogen and oxygen atoms in total. The summed E-state index contributed by atoms with van der Waals surface area (Å²) >= 11 is 0. The van der Waals surface area contributed by atoms with Gasteiger partial charge in [-0.15, -0.1) is 0 Å². The average molecular weight is 423 g/mol. The topological polar surface area (TPSA) is 58.4 Å². The molecule has 0 N–H and O–H groups in total. The van der Waals surface area contributed by atoms with Gasteiger partial charge in [0.1, 0.15) is 0 Å². The third-order valence-electron chi connectivity index (χ3n) is 6.28. The second-order valence-corrected chi connectivity index (χ2v) is 9.89. The molecule has 156 valence electrons. The van der Waals surface area contributed by atoms with Crippen molar-refractivity contribution in [1.29, 1.82) is 0 Å². The molecule has 2 aliphatic heterocycles. The van der Waals surface area contributed by atoms with Crippen molar-refractivity contribution in [2.24, 2.45) is 0 Å². The van der Waals surface area contributed by atoms with Gasteiger partial charge in [0.15, 0.2) is 5.65 Å². The molecule has 5 rings (SSSR count). The lowest BCUT2D eigenvalue weighted by atomic mass is 10.00. The van der Waals surface area contributed by atoms with Gasteiger partial charge in [0.25, 0.3) is 10.0 Å². The van der Waals surface area contributed by atoms with Crippen molar-refractivity contribution in [2.75, 3.05) is 38.1 Å². The first-order valence-corrected chi connectivity index (χ1v) is 11.9. The molecule has 0 bridgehead atoms. The van der Waals surface area contributed by atoms with Crippen LogP contribution in [-0.2, 0) is 16.4 Å². The predicted molar refractivity (Wildman–Crippen MR) is 120 cm³/mol. The lowest BCUT2D eigenvalue weighted by Gasteiger charge is -2.21. The number of anilines is 1. The van der Waals surface area contributed by atoms with Crippen LogP contribution in [0.5, 0.6) is 0 Å². The van der Waals surface area contributed by atoms with Crippen LogP contribution < -0.4 is 4.90 Å². The summed E-state index contributed by atoms with van der Waals surface area (Å²) < 4.78 is 28.7. The van der Waals surface area contributed by atoms with Crippen LogP contribution in [0, 0.1) is 0 Å². The summed E-state index contributed by atoms with van der Waals surface area (Å²) in [6, 6.07) is 9.34. The average Bonchev–Trinajstić information content (AvgIpc) is 3.35. The van der Waals surface area contributed by atoms with E-state index in [0.29, 0.717) is 10.5 Å². The molecule has 0 saturated carbocycles. The molecule has 2 aliphatic rings. The number of likely N-dealkylation sites (N-methyl/N-ethyl adjacent to an activating group) is 2. The quantitative estimate of drug-likeness (QED) is 0.645. The summed E-state index contributed by atoms with van der Waals surface area (Å²) in [7, 11) is -1.66. The molecule has 0 fully saturated rings. The van der Waals surface area contributed by atoms with Crippen LogP contribution in [0.15, 0.2) is 53.7 Å². The molecule has 0 radical (unpaired) electrons. The zero-order valence-electron chi connectivity index (χ0n) is 17.4. The molecule has 3 aromatic rings. The van der Waals surface area contributed by atoms with Crippen molar-refractivity contribution in [3.63, 3.8) is 0 Å². The largest absolute Gasteiger partial charge is 0.371 e. The van der Waals surface area contributed by atoms with Crippen molar-refractivity contribution in [2.45, 2.75) is 24.7 Å². The van der Waals surface area contributed by atoms with E-state index < -0.39 is 10.0 Å². The third kappa shape index (κ3) is 3.04. The molecule has 30 heavy (non-hydrogen) atoms. The first kappa shape index (κ1) is 19.3. The fourth-order valence-corrected chi connectivity index (χ4v) is 5.86. The van der Waals surface area contributed by atoms with E-state index in [9.17, 15) is 8.42 Å². The second kappa shape index (κ2) is 7.25. The van der Waals surface area contributed by atoms with Gasteiger partial charge in [0, 0.05) is 55.2 Å². The van der Waals surface area contributed by atoms with Gasteiger partial charge in [0.2, 0.25) is 0 Å². The van der Waals surface area contributed by atoms with Crippen LogP contribution in [-0.4, -0.2) is 55.5 Å². The Bertz CT molecular complexity index is 1260. The predicted octanol–water partition coefficient (Wildman–Crippen LogP) is 3.37. The summed E-state index contributed by atoms with van der Waals surface area (Å²) in [5, 5.41) is 0.883. The van der Waals surface area contributed by atoms with Crippen LogP contribution in [0.4, 0.5) is 5.69 Å². The van der Waals surface area contributed by atoms with Crippen molar-refractivity contribution >= 4 is 32.3 Å². The van der Waals surface area contributed by atoms with Gasteiger partial charge < -0.3 is 9.80 Å². The number of benzene rings is 1. The Morgan fingerprint density at radius 2 is 2.00 bits per heavy atom. The fraction of sp³-hybridized carbons (Fsp3) is 0.348. The lowest BCUT2D eigenvalue weighted by Crippen LogP contribution is -2.23. The number of hydrogen-bond acceptors (Lipinski definition) is 5. The smallest absolute Gasteiger partial charge is 0.269 e. The highest BCUT2D eigenvalue weighted by Gasteiger charge is 2.26. The molecular weight excluding hydrogens is 396 g/mol. The molecule has 2 aromatic heterocycles. The van der Waals surface area contributed by atoms with E-state index in [0.717, 1.165) is 55.7 Å². The minimum absolute atomic E-state index is 0.313. The molecule has 0 saturated heterocycles. The molecule has 0 unspecified atom stereocenters. The molecular formula is C23H26N4O2S. The molecule has 4 heterocycles.